The van der Waals surface area contributed by atoms with Crippen molar-refractivity contribution in [3.63, 3.8) is 0 Å². The van der Waals surface area contributed by atoms with Crippen molar-refractivity contribution in [3.05, 3.63) is 0 Å². The van der Waals surface area contributed by atoms with Gasteiger partial charge in [-0.15, -0.1) is 0 Å². The third-order valence-corrected chi connectivity index (χ3v) is 17.8. The third-order valence-electron chi connectivity index (χ3n) is 7.84. The minimum atomic E-state index is -1.81. The fourth-order valence-corrected chi connectivity index (χ4v) is 13.9. The standard InChI is InChI=1S/C30H64BrOP/c1-4-7-10-13-17-22-27-33(31,30-25-20-16-21-26-32,28-23-18-14-11-8-5-2)29-24-19-15-12-9-6-3/h32H,4-30H2,1-3H3. The predicted octanol–water partition coefficient (Wildman–Crippen LogP) is 11.5. The van der Waals surface area contributed by atoms with Crippen molar-refractivity contribution in [2.24, 2.45) is 0 Å². The van der Waals surface area contributed by atoms with E-state index >= 15 is 0 Å². The molecule has 0 aromatic rings. The average molecular weight is 552 g/mol. The molecule has 0 saturated carbocycles. The van der Waals surface area contributed by atoms with Gasteiger partial charge in [0.15, 0.2) is 0 Å². The molecule has 0 aliphatic carbocycles. The molecular weight excluding hydrogens is 487 g/mol. The Labute approximate surface area is 218 Å². The molecule has 0 radical (unpaired) electrons. The number of unbranched alkanes of at least 4 members (excludes halogenated alkanes) is 18. The van der Waals surface area contributed by atoms with E-state index in [0.717, 1.165) is 6.42 Å². The van der Waals surface area contributed by atoms with Crippen LogP contribution in [0, 0.1) is 0 Å². The SMILES string of the molecule is CCCCCCCCP(Br)(CCCCCCO)(CCCCCCCC)CCCCCCCC. The minimum absolute atomic E-state index is 0.366. The number of halogens is 1. The fourth-order valence-electron chi connectivity index (χ4n) is 5.51. The van der Waals surface area contributed by atoms with Crippen molar-refractivity contribution in [2.75, 3.05) is 31.3 Å². The molecule has 3 heteroatoms. The van der Waals surface area contributed by atoms with Crippen LogP contribution in [0.2, 0.25) is 0 Å². The van der Waals surface area contributed by atoms with Crippen molar-refractivity contribution in [2.45, 2.75) is 162 Å². The predicted molar refractivity (Wildman–Crippen MR) is 161 cm³/mol. The summed E-state index contributed by atoms with van der Waals surface area (Å²) in [4.78, 5) is 0. The van der Waals surface area contributed by atoms with E-state index in [-0.39, 0.29) is 0 Å². The third kappa shape index (κ3) is 19.7. The summed E-state index contributed by atoms with van der Waals surface area (Å²) in [5.41, 5.74) is 0. The molecule has 0 spiro atoms. The van der Waals surface area contributed by atoms with Crippen LogP contribution in [0.3, 0.4) is 0 Å². The van der Waals surface area contributed by atoms with Crippen molar-refractivity contribution in [1.82, 2.24) is 0 Å². The average Bonchev–Trinajstić information content (AvgIpc) is 2.81. The maximum absolute atomic E-state index is 9.19. The van der Waals surface area contributed by atoms with Crippen LogP contribution in [-0.2, 0) is 0 Å². The molecule has 0 unspecified atom stereocenters. The normalized spacial score (nSPS) is 13.3. The van der Waals surface area contributed by atoms with Gasteiger partial charge < -0.3 is 0 Å². The fraction of sp³-hybridized carbons (Fsp3) is 1.00. The van der Waals surface area contributed by atoms with Gasteiger partial charge in [0.2, 0.25) is 0 Å². The number of aliphatic hydroxyl groups is 1. The van der Waals surface area contributed by atoms with Crippen LogP contribution in [0.5, 0.6) is 0 Å². The first-order valence-corrected chi connectivity index (χ1v) is 20.4. The van der Waals surface area contributed by atoms with E-state index in [9.17, 15) is 5.11 Å². The van der Waals surface area contributed by atoms with Gasteiger partial charge in [0.05, 0.1) is 0 Å². The van der Waals surface area contributed by atoms with Gasteiger partial charge in [-0.25, -0.2) is 0 Å². The van der Waals surface area contributed by atoms with Crippen molar-refractivity contribution in [3.8, 4) is 0 Å². The summed E-state index contributed by atoms with van der Waals surface area (Å²) in [7, 11) is 0. The maximum atomic E-state index is 9.19. The van der Waals surface area contributed by atoms with Gasteiger partial charge in [0, 0.05) is 0 Å². The van der Waals surface area contributed by atoms with Gasteiger partial charge >= 0.3 is 219 Å². The molecule has 0 rings (SSSR count). The number of hydrogen-bond donors (Lipinski definition) is 1. The van der Waals surface area contributed by atoms with Gasteiger partial charge in [-0.2, -0.15) is 0 Å². The zero-order chi connectivity index (χ0) is 24.5. The van der Waals surface area contributed by atoms with Crippen LogP contribution in [0.15, 0.2) is 0 Å². The molecule has 0 aromatic heterocycles. The Balaban J connectivity index is 4.99. The Morgan fingerprint density at radius 3 is 0.909 bits per heavy atom. The van der Waals surface area contributed by atoms with Crippen LogP contribution in [0.1, 0.15) is 162 Å². The van der Waals surface area contributed by atoms with Crippen LogP contribution in [0.4, 0.5) is 0 Å². The van der Waals surface area contributed by atoms with E-state index in [1.54, 1.807) is 0 Å². The van der Waals surface area contributed by atoms with Gasteiger partial charge in [-0.1, -0.05) is 0 Å². The number of hydrogen-bond acceptors (Lipinski definition) is 1. The molecular formula is C30H64BrOP. The van der Waals surface area contributed by atoms with Gasteiger partial charge in [0.1, 0.15) is 0 Å². The second-order valence-electron chi connectivity index (χ2n) is 11.2. The second-order valence-corrected chi connectivity index (χ2v) is 22.6. The molecule has 0 heterocycles. The summed E-state index contributed by atoms with van der Waals surface area (Å²) in [6.45, 7) is 7.33. The molecule has 0 aromatic carbocycles. The quantitative estimate of drug-likeness (QED) is 0.0795. The van der Waals surface area contributed by atoms with Crippen LogP contribution in [0.25, 0.3) is 0 Å². The Hall–Kier alpha value is 0.870. The van der Waals surface area contributed by atoms with E-state index in [1.165, 1.54) is 159 Å². The zero-order valence-corrected chi connectivity index (χ0v) is 25.8. The summed E-state index contributed by atoms with van der Waals surface area (Å²) in [5, 5.41) is 7.38. The summed E-state index contributed by atoms with van der Waals surface area (Å²) in [6, 6.07) is 0. The molecule has 0 aliphatic rings. The number of rotatable bonds is 27. The molecule has 1 N–H and O–H groups in total. The van der Waals surface area contributed by atoms with E-state index in [0.29, 0.717) is 6.61 Å². The van der Waals surface area contributed by atoms with Crippen LogP contribution >= 0.6 is 20.8 Å². The summed E-state index contributed by atoms with van der Waals surface area (Å²) >= 11 is 4.69. The van der Waals surface area contributed by atoms with Crippen molar-refractivity contribution in [1.29, 1.82) is 0 Å². The van der Waals surface area contributed by atoms with E-state index in [1.807, 2.05) is 0 Å². The Kier molecular flexibility index (Phi) is 23.9. The summed E-state index contributed by atoms with van der Waals surface area (Å²) in [6.07, 6.45) is 36.5. The van der Waals surface area contributed by atoms with Gasteiger partial charge in [-0.3, -0.25) is 0 Å². The van der Waals surface area contributed by atoms with E-state index in [2.05, 4.69) is 20.8 Å². The topological polar surface area (TPSA) is 20.2 Å². The number of aliphatic hydroxyl groups excluding tert-OH is 1. The van der Waals surface area contributed by atoms with Crippen molar-refractivity contribution >= 4 is 20.8 Å². The molecule has 0 amide bonds. The summed E-state index contributed by atoms with van der Waals surface area (Å²) in [5.74, 6) is 0. The van der Waals surface area contributed by atoms with E-state index < -0.39 is 5.31 Å². The molecule has 0 saturated heterocycles. The first-order chi connectivity index (χ1) is 16.0. The molecule has 202 valence electrons. The first kappa shape index (κ1) is 33.9. The molecule has 33 heavy (non-hydrogen) atoms. The molecule has 0 fully saturated rings. The monoisotopic (exact) mass is 550 g/mol. The Bertz CT molecular complexity index is 357. The van der Waals surface area contributed by atoms with E-state index in [4.69, 9.17) is 15.5 Å². The Morgan fingerprint density at radius 1 is 0.394 bits per heavy atom. The first-order valence-electron chi connectivity index (χ1n) is 15.4. The molecule has 0 atom stereocenters. The Morgan fingerprint density at radius 2 is 0.636 bits per heavy atom. The molecule has 1 nitrogen and oxygen atoms in total. The summed E-state index contributed by atoms with van der Waals surface area (Å²) < 4.78 is 0. The molecule has 0 bridgehead atoms. The zero-order valence-electron chi connectivity index (χ0n) is 23.4. The van der Waals surface area contributed by atoms with Gasteiger partial charge in [-0.05, 0) is 0 Å². The van der Waals surface area contributed by atoms with Crippen molar-refractivity contribution < 1.29 is 5.11 Å². The second kappa shape index (κ2) is 23.3. The molecule has 0 aliphatic heterocycles. The van der Waals surface area contributed by atoms with Crippen LogP contribution < -0.4 is 0 Å². The van der Waals surface area contributed by atoms with Crippen LogP contribution in [-0.4, -0.2) is 36.4 Å². The van der Waals surface area contributed by atoms with Gasteiger partial charge in [0.25, 0.3) is 0 Å².